The number of fused-ring (bicyclic) bond motifs is 1. The van der Waals surface area contributed by atoms with Crippen molar-refractivity contribution >= 4 is 17.2 Å². The number of nitrogens with two attached hydrogens (primary N) is 1. The highest BCUT2D eigenvalue weighted by Crippen LogP contribution is 2.24. The molecular weight excluding hydrogens is 459 g/mol. The highest BCUT2D eigenvalue weighted by Gasteiger charge is 2.32. The molecule has 35 heavy (non-hydrogen) atoms. The lowest BCUT2D eigenvalue weighted by Crippen LogP contribution is -2.33. The van der Waals surface area contributed by atoms with Crippen molar-refractivity contribution in [1.29, 1.82) is 0 Å². The molecule has 0 fully saturated rings. The SMILES string of the molecule is CCc1nc2ccccn2c1C(=O)NCc1ccc(N(N)CC2=CCC(OC(F)(F)F)C=C2)cc1. The zero-order valence-corrected chi connectivity index (χ0v) is 19.1. The van der Waals surface area contributed by atoms with E-state index in [4.69, 9.17) is 5.84 Å². The fourth-order valence-electron chi connectivity index (χ4n) is 3.91. The van der Waals surface area contributed by atoms with Gasteiger partial charge in [0.15, 0.2) is 0 Å². The van der Waals surface area contributed by atoms with Crippen molar-refractivity contribution in [2.75, 3.05) is 11.6 Å². The number of amides is 1. The molecule has 1 aromatic carbocycles. The molecule has 3 aromatic rings. The van der Waals surface area contributed by atoms with Crippen LogP contribution >= 0.6 is 0 Å². The number of hydrazine groups is 1. The average molecular weight is 486 g/mol. The predicted octanol–water partition coefficient (Wildman–Crippen LogP) is 4.30. The number of aryl methyl sites for hydroxylation is 1. The van der Waals surface area contributed by atoms with Crippen LogP contribution in [0.3, 0.4) is 0 Å². The largest absolute Gasteiger partial charge is 0.523 e. The number of carbonyl (C=O) groups excluding carboxylic acids is 1. The number of hydrogen-bond donors (Lipinski definition) is 2. The molecule has 0 spiro atoms. The van der Waals surface area contributed by atoms with Gasteiger partial charge in [-0.2, -0.15) is 0 Å². The van der Waals surface area contributed by atoms with E-state index in [0.717, 1.165) is 28.2 Å². The first kappa shape index (κ1) is 24.5. The molecule has 2 heterocycles. The van der Waals surface area contributed by atoms with E-state index in [0.29, 0.717) is 25.2 Å². The monoisotopic (exact) mass is 485 g/mol. The van der Waals surface area contributed by atoms with Gasteiger partial charge in [0.25, 0.3) is 5.91 Å². The Morgan fingerprint density at radius 3 is 2.69 bits per heavy atom. The number of halogens is 3. The summed E-state index contributed by atoms with van der Waals surface area (Å²) in [6, 6.07) is 13.0. The molecule has 0 saturated heterocycles. The molecule has 0 aliphatic heterocycles. The molecular formula is C25H26F3N5O2. The Kier molecular flexibility index (Phi) is 7.23. The molecule has 184 valence electrons. The fourth-order valence-corrected chi connectivity index (χ4v) is 3.91. The maximum Gasteiger partial charge on any atom is 0.523 e. The van der Waals surface area contributed by atoms with Crippen LogP contribution < -0.4 is 16.2 Å². The number of imidazole rings is 1. The van der Waals surface area contributed by atoms with E-state index in [1.807, 2.05) is 55.6 Å². The minimum atomic E-state index is -4.66. The summed E-state index contributed by atoms with van der Waals surface area (Å²) in [5.74, 6) is 5.95. The van der Waals surface area contributed by atoms with Crippen molar-refractivity contribution in [1.82, 2.24) is 14.7 Å². The molecule has 1 unspecified atom stereocenters. The normalized spacial score (nSPS) is 15.8. The van der Waals surface area contributed by atoms with E-state index in [2.05, 4.69) is 15.0 Å². The first-order chi connectivity index (χ1) is 16.7. The second kappa shape index (κ2) is 10.3. The van der Waals surface area contributed by atoms with Crippen molar-refractivity contribution in [2.24, 2.45) is 5.84 Å². The number of ether oxygens (including phenoxy) is 1. The van der Waals surface area contributed by atoms with Crippen LogP contribution in [0.1, 0.15) is 35.1 Å². The summed E-state index contributed by atoms with van der Waals surface area (Å²) in [7, 11) is 0. The van der Waals surface area contributed by atoms with Gasteiger partial charge in [0, 0.05) is 12.7 Å². The number of hydrogen-bond acceptors (Lipinski definition) is 5. The smallest absolute Gasteiger partial charge is 0.347 e. The maximum absolute atomic E-state index is 12.9. The van der Waals surface area contributed by atoms with E-state index < -0.39 is 12.5 Å². The van der Waals surface area contributed by atoms with Crippen LogP contribution in [0.25, 0.3) is 5.65 Å². The zero-order valence-electron chi connectivity index (χ0n) is 19.1. The van der Waals surface area contributed by atoms with Gasteiger partial charge in [-0.1, -0.05) is 43.4 Å². The molecule has 0 bridgehead atoms. The summed E-state index contributed by atoms with van der Waals surface area (Å²) < 4.78 is 42.8. The second-order valence-corrected chi connectivity index (χ2v) is 8.14. The Bertz CT molecular complexity index is 1250. The molecule has 1 amide bonds. The molecule has 4 rings (SSSR count). The molecule has 1 aliphatic rings. The molecule has 7 nitrogen and oxygen atoms in total. The highest BCUT2D eigenvalue weighted by molar-refractivity contribution is 5.94. The molecule has 2 aromatic heterocycles. The van der Waals surface area contributed by atoms with Crippen LogP contribution in [-0.2, 0) is 17.7 Å². The molecule has 1 aliphatic carbocycles. The third-order valence-electron chi connectivity index (χ3n) is 5.65. The van der Waals surface area contributed by atoms with Crippen LogP contribution in [0.5, 0.6) is 0 Å². The summed E-state index contributed by atoms with van der Waals surface area (Å²) in [6.45, 7) is 2.63. The van der Waals surface area contributed by atoms with E-state index in [-0.39, 0.29) is 12.3 Å². The number of rotatable bonds is 8. The lowest BCUT2D eigenvalue weighted by atomic mass is 10.0. The van der Waals surface area contributed by atoms with E-state index in [1.165, 1.54) is 11.1 Å². The molecule has 0 radical (unpaired) electrons. The lowest BCUT2D eigenvalue weighted by molar-refractivity contribution is -0.336. The quantitative estimate of drug-likeness (QED) is 0.367. The van der Waals surface area contributed by atoms with Crippen LogP contribution in [-0.4, -0.2) is 34.3 Å². The van der Waals surface area contributed by atoms with Gasteiger partial charge >= 0.3 is 6.36 Å². The van der Waals surface area contributed by atoms with Gasteiger partial charge in [-0.25, -0.2) is 10.8 Å². The van der Waals surface area contributed by atoms with Gasteiger partial charge in [0.2, 0.25) is 0 Å². The van der Waals surface area contributed by atoms with Crippen molar-refractivity contribution in [3.63, 3.8) is 0 Å². The van der Waals surface area contributed by atoms with Crippen molar-refractivity contribution in [2.45, 2.75) is 38.8 Å². The maximum atomic E-state index is 12.9. The van der Waals surface area contributed by atoms with E-state index in [1.54, 1.807) is 16.6 Å². The van der Waals surface area contributed by atoms with E-state index >= 15 is 0 Å². The summed E-state index contributed by atoms with van der Waals surface area (Å²) in [6.07, 6.45) is 1.58. The predicted molar refractivity (Wildman–Crippen MR) is 126 cm³/mol. The Morgan fingerprint density at radius 2 is 2.03 bits per heavy atom. The second-order valence-electron chi connectivity index (χ2n) is 8.14. The Hall–Kier alpha value is -3.63. The lowest BCUT2D eigenvalue weighted by Gasteiger charge is -2.23. The number of alkyl halides is 3. The summed E-state index contributed by atoms with van der Waals surface area (Å²) >= 11 is 0. The number of carbonyl (C=O) groups is 1. The molecule has 10 heteroatoms. The van der Waals surface area contributed by atoms with Gasteiger partial charge in [-0.3, -0.25) is 13.9 Å². The minimum absolute atomic E-state index is 0.129. The molecule has 3 N–H and O–H groups in total. The van der Waals surface area contributed by atoms with Gasteiger partial charge in [0.05, 0.1) is 24.0 Å². The van der Waals surface area contributed by atoms with Gasteiger partial charge < -0.3 is 10.3 Å². The fraction of sp³-hybridized carbons (Fsp3) is 0.280. The van der Waals surface area contributed by atoms with Gasteiger partial charge in [0.1, 0.15) is 11.3 Å². The van der Waals surface area contributed by atoms with Crippen LogP contribution in [0, 0.1) is 0 Å². The first-order valence-electron chi connectivity index (χ1n) is 11.2. The Morgan fingerprint density at radius 1 is 1.26 bits per heavy atom. The molecule has 1 atom stereocenters. The number of nitrogens with one attached hydrogen (secondary N) is 1. The Balaban J connectivity index is 1.33. The highest BCUT2D eigenvalue weighted by atomic mass is 19.4. The van der Waals surface area contributed by atoms with Crippen molar-refractivity contribution in [3.05, 3.63) is 89.4 Å². The third kappa shape index (κ3) is 6.09. The summed E-state index contributed by atoms with van der Waals surface area (Å²) in [4.78, 5) is 17.4. The number of aromatic nitrogens is 2. The number of pyridine rings is 1. The van der Waals surface area contributed by atoms with Crippen LogP contribution in [0.4, 0.5) is 18.9 Å². The number of nitrogens with zero attached hydrogens (tertiary/aromatic N) is 3. The summed E-state index contributed by atoms with van der Waals surface area (Å²) in [5, 5.41) is 4.46. The first-order valence-corrected chi connectivity index (χ1v) is 11.2. The summed E-state index contributed by atoms with van der Waals surface area (Å²) in [5.41, 5.74) is 4.43. The molecule has 0 saturated carbocycles. The number of benzene rings is 1. The van der Waals surface area contributed by atoms with E-state index in [9.17, 15) is 18.0 Å². The van der Waals surface area contributed by atoms with Crippen LogP contribution in [0.15, 0.2) is 72.5 Å². The number of anilines is 1. The standard InChI is InChI=1S/C25H26F3N5O2/c1-2-21-23(32-14-4-3-5-22(32)31-21)24(34)30-15-17-6-10-19(11-7-17)33(29)16-18-8-12-20(13-9-18)35-25(26,27)28/h3-12,14,20H,2,13,15-16,29H2,1H3,(H,30,34). The van der Waals surface area contributed by atoms with Gasteiger partial charge in [-0.15, -0.1) is 13.2 Å². The van der Waals surface area contributed by atoms with Crippen molar-refractivity contribution in [3.8, 4) is 0 Å². The minimum Gasteiger partial charge on any atom is -0.347 e. The zero-order chi connectivity index (χ0) is 25.0. The van der Waals surface area contributed by atoms with Gasteiger partial charge in [-0.05, 0) is 48.2 Å². The Labute approximate surface area is 200 Å². The van der Waals surface area contributed by atoms with Crippen LogP contribution in [0.2, 0.25) is 0 Å². The van der Waals surface area contributed by atoms with Crippen molar-refractivity contribution < 1.29 is 22.7 Å². The topological polar surface area (TPSA) is 84.9 Å². The average Bonchev–Trinajstić information content (AvgIpc) is 3.22. The third-order valence-corrected chi connectivity index (χ3v) is 5.65.